The number of rotatable bonds is 7. The molecule has 4 aromatic rings. The normalized spacial score (nSPS) is 11.1. The molecule has 5 heteroatoms. The van der Waals surface area contributed by atoms with Gasteiger partial charge in [-0.2, -0.15) is 5.10 Å². The number of amidine groups is 1. The molecule has 0 aliphatic rings. The second kappa shape index (κ2) is 8.29. The van der Waals surface area contributed by atoms with Crippen LogP contribution in [0.2, 0.25) is 0 Å². The van der Waals surface area contributed by atoms with Crippen LogP contribution in [0.25, 0.3) is 22.0 Å². The molecule has 0 fully saturated rings. The van der Waals surface area contributed by atoms with Crippen molar-refractivity contribution in [1.29, 1.82) is 5.41 Å². The number of hydrogen-bond donors (Lipinski definition) is 4. The van der Waals surface area contributed by atoms with Gasteiger partial charge in [0.1, 0.15) is 11.5 Å². The number of nitrogens with two attached hydrogens (primary N) is 1. The van der Waals surface area contributed by atoms with Crippen molar-refractivity contribution in [3.05, 3.63) is 89.1 Å². The van der Waals surface area contributed by atoms with E-state index < -0.39 is 0 Å². The van der Waals surface area contributed by atoms with Gasteiger partial charge in [0.25, 0.3) is 0 Å². The molecule has 0 radical (unpaired) electrons. The lowest BCUT2D eigenvalue weighted by Gasteiger charge is -2.11. The van der Waals surface area contributed by atoms with Crippen molar-refractivity contribution in [2.45, 2.75) is 26.4 Å². The summed E-state index contributed by atoms with van der Waals surface area (Å²) in [7, 11) is 0. The predicted octanol–water partition coefficient (Wildman–Crippen LogP) is 4.37. The Morgan fingerprint density at radius 1 is 0.931 bits per heavy atom. The predicted molar refractivity (Wildman–Crippen MR) is 119 cm³/mol. The number of nitrogens with one attached hydrogen (secondary N) is 3. The maximum atomic E-state index is 7.74. The first-order chi connectivity index (χ1) is 14.1. The highest BCUT2D eigenvalue weighted by Gasteiger charge is 2.10. The molecule has 146 valence electrons. The van der Waals surface area contributed by atoms with E-state index in [-0.39, 0.29) is 5.84 Å². The number of aryl methyl sites for hydroxylation is 1. The number of fused-ring (bicyclic) bond motifs is 1. The van der Waals surface area contributed by atoms with Gasteiger partial charge in [-0.25, -0.2) is 0 Å². The lowest BCUT2D eigenvalue weighted by atomic mass is 9.97. The Bertz CT molecular complexity index is 1140. The van der Waals surface area contributed by atoms with Crippen molar-refractivity contribution >= 4 is 16.7 Å². The van der Waals surface area contributed by atoms with E-state index in [2.05, 4.69) is 77.0 Å². The molecule has 0 amide bonds. The smallest absolute Gasteiger partial charge is 0.144 e. The molecule has 0 aliphatic heterocycles. The Morgan fingerprint density at radius 3 is 2.45 bits per heavy atom. The summed E-state index contributed by atoms with van der Waals surface area (Å²) in [6, 6.07) is 23.3. The van der Waals surface area contributed by atoms with Crippen LogP contribution in [0.4, 0.5) is 0 Å². The minimum Gasteiger partial charge on any atom is -0.382 e. The highest BCUT2D eigenvalue weighted by atomic mass is 15.1. The third-order valence-electron chi connectivity index (χ3n) is 5.11. The number of aromatic nitrogens is 2. The molecule has 0 saturated carbocycles. The van der Waals surface area contributed by atoms with Gasteiger partial charge in [-0.1, -0.05) is 55.5 Å². The van der Waals surface area contributed by atoms with Gasteiger partial charge >= 0.3 is 0 Å². The Kier molecular flexibility index (Phi) is 5.40. The largest absolute Gasteiger partial charge is 0.382 e. The van der Waals surface area contributed by atoms with E-state index >= 15 is 0 Å². The Hall–Kier alpha value is -3.44. The van der Waals surface area contributed by atoms with Crippen molar-refractivity contribution < 1.29 is 0 Å². The van der Waals surface area contributed by atoms with Crippen LogP contribution < -0.4 is 11.1 Å². The number of aromatic amines is 1. The van der Waals surface area contributed by atoms with Crippen molar-refractivity contribution in [3.8, 4) is 11.1 Å². The lowest BCUT2D eigenvalue weighted by molar-refractivity contribution is 0.693. The van der Waals surface area contributed by atoms with E-state index in [4.69, 9.17) is 11.1 Å². The first-order valence-corrected chi connectivity index (χ1v) is 9.84. The van der Waals surface area contributed by atoms with Gasteiger partial charge in [-0.15, -0.1) is 0 Å². The summed E-state index contributed by atoms with van der Waals surface area (Å²) in [6.45, 7) is 3.82. The molecule has 4 rings (SSSR count). The van der Waals surface area contributed by atoms with Crippen LogP contribution in [0.5, 0.6) is 0 Å². The van der Waals surface area contributed by atoms with Gasteiger partial charge in [0.05, 0.1) is 5.52 Å². The van der Waals surface area contributed by atoms with Gasteiger partial charge in [-0.05, 0) is 52.4 Å². The molecule has 0 unspecified atom stereocenters. The van der Waals surface area contributed by atoms with E-state index in [1.165, 1.54) is 22.3 Å². The first kappa shape index (κ1) is 18.9. The van der Waals surface area contributed by atoms with Crippen LogP contribution in [0.3, 0.4) is 0 Å². The standard InChI is InChI=1S/C24H25N5/c1-2-16-10-18(15-27-14-17-6-4-3-5-7-17)12-20(11-16)19-8-9-22-21(13-19)23(24(25)26)29-28-22/h3-13,27H,2,14-15H2,1H3,(H3,25,26)(H,28,29). The van der Waals surface area contributed by atoms with E-state index in [0.29, 0.717) is 5.69 Å². The Labute approximate surface area is 170 Å². The minimum atomic E-state index is -0.0264. The summed E-state index contributed by atoms with van der Waals surface area (Å²) in [5.41, 5.74) is 13.2. The fourth-order valence-electron chi connectivity index (χ4n) is 3.58. The average molecular weight is 383 g/mol. The molecule has 3 aromatic carbocycles. The fourth-order valence-corrected chi connectivity index (χ4v) is 3.58. The van der Waals surface area contributed by atoms with Gasteiger partial charge in [0, 0.05) is 18.5 Å². The molecular weight excluding hydrogens is 358 g/mol. The lowest BCUT2D eigenvalue weighted by Crippen LogP contribution is -2.12. The number of hydrogen-bond acceptors (Lipinski definition) is 3. The SMILES string of the molecule is CCc1cc(CNCc2ccccc2)cc(-c2ccc3[nH]nc(C(=N)N)c3c2)c1. The first-order valence-electron chi connectivity index (χ1n) is 9.84. The number of benzene rings is 3. The average Bonchev–Trinajstić information content (AvgIpc) is 3.18. The summed E-state index contributed by atoms with van der Waals surface area (Å²) in [6.07, 6.45) is 0.978. The molecule has 5 nitrogen and oxygen atoms in total. The molecule has 5 N–H and O–H groups in total. The zero-order valence-electron chi connectivity index (χ0n) is 16.5. The highest BCUT2D eigenvalue weighted by Crippen LogP contribution is 2.27. The summed E-state index contributed by atoms with van der Waals surface area (Å²) in [5.74, 6) is -0.0264. The van der Waals surface area contributed by atoms with Crippen molar-refractivity contribution in [1.82, 2.24) is 15.5 Å². The number of H-pyrrole nitrogens is 1. The molecule has 0 bridgehead atoms. The summed E-state index contributed by atoms with van der Waals surface area (Å²) >= 11 is 0. The zero-order valence-corrected chi connectivity index (χ0v) is 16.5. The molecule has 1 heterocycles. The van der Waals surface area contributed by atoms with Crippen LogP contribution >= 0.6 is 0 Å². The summed E-state index contributed by atoms with van der Waals surface area (Å²) in [4.78, 5) is 0. The summed E-state index contributed by atoms with van der Waals surface area (Å²) in [5, 5.41) is 19.3. The van der Waals surface area contributed by atoms with Gasteiger partial charge in [-0.3, -0.25) is 10.5 Å². The second-order valence-electron chi connectivity index (χ2n) is 7.23. The maximum Gasteiger partial charge on any atom is 0.144 e. The van der Waals surface area contributed by atoms with Crippen molar-refractivity contribution in [2.24, 2.45) is 5.73 Å². The highest BCUT2D eigenvalue weighted by molar-refractivity contribution is 6.06. The summed E-state index contributed by atoms with van der Waals surface area (Å²) < 4.78 is 0. The third kappa shape index (κ3) is 4.20. The maximum absolute atomic E-state index is 7.74. The Balaban J connectivity index is 1.61. The van der Waals surface area contributed by atoms with E-state index in [0.717, 1.165) is 36.0 Å². The third-order valence-corrected chi connectivity index (χ3v) is 5.11. The fraction of sp³-hybridized carbons (Fsp3) is 0.167. The number of nitrogen functional groups attached to an aromatic ring is 1. The van der Waals surface area contributed by atoms with Crippen LogP contribution in [-0.2, 0) is 19.5 Å². The van der Waals surface area contributed by atoms with Gasteiger partial charge in [0.2, 0.25) is 0 Å². The van der Waals surface area contributed by atoms with Gasteiger partial charge in [0.15, 0.2) is 0 Å². The van der Waals surface area contributed by atoms with Crippen LogP contribution in [0, 0.1) is 5.41 Å². The van der Waals surface area contributed by atoms with Crippen molar-refractivity contribution in [2.75, 3.05) is 0 Å². The molecule has 29 heavy (non-hydrogen) atoms. The van der Waals surface area contributed by atoms with E-state index in [1.807, 2.05) is 12.1 Å². The van der Waals surface area contributed by atoms with Gasteiger partial charge < -0.3 is 11.1 Å². The van der Waals surface area contributed by atoms with Crippen molar-refractivity contribution in [3.63, 3.8) is 0 Å². The molecular formula is C24H25N5. The topological polar surface area (TPSA) is 90.6 Å². The van der Waals surface area contributed by atoms with E-state index in [9.17, 15) is 0 Å². The monoisotopic (exact) mass is 383 g/mol. The molecule has 0 atom stereocenters. The molecule has 1 aromatic heterocycles. The quantitative estimate of drug-likeness (QED) is 0.282. The van der Waals surface area contributed by atoms with Crippen LogP contribution in [-0.4, -0.2) is 16.0 Å². The van der Waals surface area contributed by atoms with E-state index in [1.54, 1.807) is 0 Å². The molecule has 0 aliphatic carbocycles. The molecule has 0 saturated heterocycles. The number of nitrogens with zero attached hydrogens (tertiary/aromatic N) is 1. The minimum absolute atomic E-state index is 0.0264. The second-order valence-corrected chi connectivity index (χ2v) is 7.23. The van der Waals surface area contributed by atoms with Crippen LogP contribution in [0.15, 0.2) is 66.7 Å². The van der Waals surface area contributed by atoms with Crippen LogP contribution in [0.1, 0.15) is 29.3 Å². The molecule has 0 spiro atoms. The Morgan fingerprint density at radius 2 is 1.69 bits per heavy atom. The zero-order chi connectivity index (χ0) is 20.2.